The largest absolute Gasteiger partial charge is 0.469 e. The van der Waals surface area contributed by atoms with Crippen molar-refractivity contribution in [1.82, 2.24) is 10.6 Å². The molecule has 0 spiro atoms. The number of amides is 1. The molecule has 0 bridgehead atoms. The Hall–Kier alpha value is -1.88. The van der Waals surface area contributed by atoms with Crippen LogP contribution in [0.4, 0.5) is 0 Å². The molecule has 1 amide bonds. The molecule has 0 fully saturated rings. The predicted molar refractivity (Wildman–Crippen MR) is 75.4 cm³/mol. The Morgan fingerprint density at radius 2 is 2.25 bits per heavy atom. The second-order valence-corrected chi connectivity index (χ2v) is 4.81. The molecule has 2 rings (SSSR count). The summed E-state index contributed by atoms with van der Waals surface area (Å²) in [6.07, 6.45) is 1.80. The first-order valence-corrected chi connectivity index (χ1v) is 6.89. The number of methoxy groups -OCH3 is 1. The molecule has 0 atom stereocenters. The zero-order valence-corrected chi connectivity index (χ0v) is 11.7. The topological polar surface area (TPSA) is 67.4 Å². The standard InChI is InChI=1S/C15H20N2O3/c1-20-14(18)6-3-8-17-15(19)13-5-2-4-11-10-16-9-7-12(11)13/h2,4-5,16H,3,6-10H2,1H3,(H,17,19). The van der Waals surface area contributed by atoms with E-state index in [0.29, 0.717) is 19.4 Å². The van der Waals surface area contributed by atoms with E-state index in [1.54, 1.807) is 0 Å². The summed E-state index contributed by atoms with van der Waals surface area (Å²) in [6.45, 7) is 2.20. The van der Waals surface area contributed by atoms with Gasteiger partial charge in [-0.2, -0.15) is 0 Å². The monoisotopic (exact) mass is 276 g/mol. The van der Waals surface area contributed by atoms with Crippen LogP contribution in [0.25, 0.3) is 0 Å². The normalized spacial score (nSPS) is 13.4. The number of carbonyl (C=O) groups excluding carboxylic acids is 2. The van der Waals surface area contributed by atoms with Gasteiger partial charge in [0.25, 0.3) is 5.91 Å². The number of esters is 1. The van der Waals surface area contributed by atoms with Crippen LogP contribution in [0.3, 0.4) is 0 Å². The highest BCUT2D eigenvalue weighted by atomic mass is 16.5. The van der Waals surface area contributed by atoms with Gasteiger partial charge in [0.1, 0.15) is 0 Å². The maximum Gasteiger partial charge on any atom is 0.305 e. The number of hydrogen-bond donors (Lipinski definition) is 2. The maximum absolute atomic E-state index is 12.2. The summed E-state index contributed by atoms with van der Waals surface area (Å²) >= 11 is 0. The lowest BCUT2D eigenvalue weighted by molar-refractivity contribution is -0.140. The van der Waals surface area contributed by atoms with E-state index in [1.807, 2.05) is 12.1 Å². The molecule has 5 nitrogen and oxygen atoms in total. The highest BCUT2D eigenvalue weighted by Crippen LogP contribution is 2.18. The summed E-state index contributed by atoms with van der Waals surface area (Å²) < 4.78 is 4.56. The van der Waals surface area contributed by atoms with Crippen LogP contribution in [0.1, 0.15) is 34.3 Å². The van der Waals surface area contributed by atoms with E-state index in [4.69, 9.17) is 0 Å². The summed E-state index contributed by atoms with van der Waals surface area (Å²) in [7, 11) is 1.37. The average molecular weight is 276 g/mol. The zero-order valence-electron chi connectivity index (χ0n) is 11.7. The van der Waals surface area contributed by atoms with E-state index >= 15 is 0 Å². The van der Waals surface area contributed by atoms with E-state index in [-0.39, 0.29) is 11.9 Å². The average Bonchev–Trinajstić information content (AvgIpc) is 2.50. The smallest absolute Gasteiger partial charge is 0.305 e. The quantitative estimate of drug-likeness (QED) is 0.622. The molecule has 0 unspecified atom stereocenters. The summed E-state index contributed by atoms with van der Waals surface area (Å²) in [6, 6.07) is 5.82. The Labute approximate surface area is 118 Å². The van der Waals surface area contributed by atoms with Crippen molar-refractivity contribution in [3.05, 3.63) is 34.9 Å². The van der Waals surface area contributed by atoms with E-state index < -0.39 is 0 Å². The maximum atomic E-state index is 12.2. The molecule has 1 aromatic rings. The molecule has 0 aliphatic carbocycles. The lowest BCUT2D eigenvalue weighted by atomic mass is 9.95. The van der Waals surface area contributed by atoms with Crippen molar-refractivity contribution in [1.29, 1.82) is 0 Å². The second-order valence-electron chi connectivity index (χ2n) is 4.81. The molecule has 0 radical (unpaired) electrons. The van der Waals surface area contributed by atoms with Gasteiger partial charge in [-0.1, -0.05) is 12.1 Å². The molecule has 108 valence electrons. The number of rotatable bonds is 5. The van der Waals surface area contributed by atoms with Crippen LogP contribution < -0.4 is 10.6 Å². The van der Waals surface area contributed by atoms with Gasteiger partial charge in [-0.25, -0.2) is 0 Å². The zero-order chi connectivity index (χ0) is 14.4. The number of carbonyl (C=O) groups is 2. The Morgan fingerprint density at radius 1 is 1.40 bits per heavy atom. The second kappa shape index (κ2) is 7.05. The number of hydrogen-bond acceptors (Lipinski definition) is 4. The van der Waals surface area contributed by atoms with Crippen LogP contribution in [0.15, 0.2) is 18.2 Å². The lowest BCUT2D eigenvalue weighted by Crippen LogP contribution is -2.30. The fraction of sp³-hybridized carbons (Fsp3) is 0.467. The molecule has 5 heteroatoms. The first-order chi connectivity index (χ1) is 9.72. The highest BCUT2D eigenvalue weighted by Gasteiger charge is 2.16. The first-order valence-electron chi connectivity index (χ1n) is 6.89. The molecule has 0 aromatic heterocycles. The Kier molecular flexibility index (Phi) is 5.12. The van der Waals surface area contributed by atoms with Gasteiger partial charge in [-0.15, -0.1) is 0 Å². The van der Waals surface area contributed by atoms with Crippen molar-refractivity contribution in [3.8, 4) is 0 Å². The van der Waals surface area contributed by atoms with Gasteiger partial charge in [0.15, 0.2) is 0 Å². The van der Waals surface area contributed by atoms with Crippen LogP contribution in [-0.4, -0.2) is 32.1 Å². The number of ether oxygens (including phenoxy) is 1. The van der Waals surface area contributed by atoms with Crippen molar-refractivity contribution < 1.29 is 14.3 Å². The lowest BCUT2D eigenvalue weighted by Gasteiger charge is -2.19. The van der Waals surface area contributed by atoms with Crippen molar-refractivity contribution >= 4 is 11.9 Å². The van der Waals surface area contributed by atoms with E-state index in [9.17, 15) is 9.59 Å². The summed E-state index contributed by atoms with van der Waals surface area (Å²) in [5, 5.41) is 6.16. The Morgan fingerprint density at radius 3 is 3.05 bits per heavy atom. The molecular weight excluding hydrogens is 256 g/mol. The molecule has 1 heterocycles. The number of benzene rings is 1. The SMILES string of the molecule is COC(=O)CCCNC(=O)c1cccc2c1CCNC2. The van der Waals surface area contributed by atoms with Crippen molar-refractivity contribution in [2.24, 2.45) is 0 Å². The molecule has 1 aliphatic rings. The highest BCUT2D eigenvalue weighted by molar-refractivity contribution is 5.96. The Bertz CT molecular complexity index is 500. The predicted octanol–water partition coefficient (Wildman–Crippen LogP) is 1.02. The van der Waals surface area contributed by atoms with Gasteiger partial charge in [-0.3, -0.25) is 9.59 Å². The minimum atomic E-state index is -0.248. The minimum Gasteiger partial charge on any atom is -0.469 e. The number of fused-ring (bicyclic) bond motifs is 1. The van der Waals surface area contributed by atoms with E-state index in [2.05, 4.69) is 21.4 Å². The van der Waals surface area contributed by atoms with Gasteiger partial charge < -0.3 is 15.4 Å². The van der Waals surface area contributed by atoms with Crippen molar-refractivity contribution in [2.75, 3.05) is 20.2 Å². The van der Waals surface area contributed by atoms with Crippen molar-refractivity contribution in [2.45, 2.75) is 25.8 Å². The molecular formula is C15H20N2O3. The van der Waals surface area contributed by atoms with Crippen LogP contribution >= 0.6 is 0 Å². The molecule has 1 aromatic carbocycles. The summed E-state index contributed by atoms with van der Waals surface area (Å²) in [4.78, 5) is 23.2. The van der Waals surface area contributed by atoms with Crippen LogP contribution in [0, 0.1) is 0 Å². The summed E-state index contributed by atoms with van der Waals surface area (Å²) in [5.74, 6) is -0.309. The van der Waals surface area contributed by atoms with Crippen molar-refractivity contribution in [3.63, 3.8) is 0 Å². The fourth-order valence-electron chi connectivity index (χ4n) is 2.38. The number of nitrogens with one attached hydrogen (secondary N) is 2. The molecule has 0 saturated heterocycles. The van der Waals surface area contributed by atoms with Crippen LogP contribution in [-0.2, 0) is 22.5 Å². The van der Waals surface area contributed by atoms with Crippen LogP contribution in [0.2, 0.25) is 0 Å². The Balaban J connectivity index is 1.91. The van der Waals surface area contributed by atoms with E-state index in [1.165, 1.54) is 12.7 Å². The van der Waals surface area contributed by atoms with Crippen LogP contribution in [0.5, 0.6) is 0 Å². The van der Waals surface area contributed by atoms with Gasteiger partial charge in [0.05, 0.1) is 7.11 Å². The third kappa shape index (κ3) is 3.57. The van der Waals surface area contributed by atoms with Gasteiger partial charge in [0, 0.05) is 25.1 Å². The third-order valence-electron chi connectivity index (χ3n) is 3.46. The first kappa shape index (κ1) is 14.5. The van der Waals surface area contributed by atoms with Gasteiger partial charge >= 0.3 is 5.97 Å². The summed E-state index contributed by atoms with van der Waals surface area (Å²) in [5.41, 5.74) is 3.08. The van der Waals surface area contributed by atoms with E-state index in [0.717, 1.165) is 30.6 Å². The molecule has 20 heavy (non-hydrogen) atoms. The molecule has 1 aliphatic heterocycles. The molecule has 0 saturated carbocycles. The minimum absolute atomic E-state index is 0.0615. The fourth-order valence-corrected chi connectivity index (χ4v) is 2.38. The molecule has 2 N–H and O–H groups in total. The van der Waals surface area contributed by atoms with Gasteiger partial charge in [0.2, 0.25) is 0 Å². The van der Waals surface area contributed by atoms with Gasteiger partial charge in [-0.05, 0) is 36.6 Å². The third-order valence-corrected chi connectivity index (χ3v) is 3.46.